The number of carboxylic acid groups (broad SMARTS) is 2. The molecule has 0 aliphatic heterocycles. The Labute approximate surface area is 512 Å². The van der Waals surface area contributed by atoms with E-state index in [1.54, 1.807) is 71.9 Å². The molecule has 0 unspecified atom stereocenters. The molecule has 31 heteroatoms. The van der Waals surface area contributed by atoms with Crippen LogP contribution in [0.15, 0.2) is 35.3 Å². The minimum absolute atomic E-state index is 0.00833. The number of primary amides is 2. The van der Waals surface area contributed by atoms with Gasteiger partial charge in [-0.05, 0) is 80.6 Å². The summed E-state index contributed by atoms with van der Waals surface area (Å²) in [5.74, 6) is -14.8. The number of guanidine groups is 1. The van der Waals surface area contributed by atoms with Crippen molar-refractivity contribution in [3.8, 4) is 0 Å². The highest BCUT2D eigenvalue weighted by Gasteiger charge is 2.36. The van der Waals surface area contributed by atoms with Crippen LogP contribution in [0.2, 0.25) is 0 Å². The molecule has 31 nitrogen and oxygen atoms in total. The molecule has 0 saturated heterocycles. The summed E-state index contributed by atoms with van der Waals surface area (Å²) in [6.45, 7) is 14.4. The number of aliphatic imine (C=N–C) groups is 1. The first kappa shape index (κ1) is 77.1. The van der Waals surface area contributed by atoms with Crippen molar-refractivity contribution < 1.29 is 77.3 Å². The van der Waals surface area contributed by atoms with E-state index in [1.165, 1.54) is 6.92 Å². The fraction of sp³-hybridized carbons (Fsp3) is 0.632. The number of rotatable bonds is 42. The van der Waals surface area contributed by atoms with Crippen LogP contribution in [0.3, 0.4) is 0 Å². The van der Waals surface area contributed by atoms with Crippen LogP contribution in [0.25, 0.3) is 0 Å². The van der Waals surface area contributed by atoms with E-state index in [-0.39, 0.29) is 62.9 Å². The summed E-state index contributed by atoms with van der Waals surface area (Å²) in [7, 11) is 0. The number of aliphatic carboxylic acids is 2. The SMILES string of the molecule is CC(=O)N[C@@H](CC(C)C)C(=O)N[C@H](C(=O)NCC(=O)N[C@@H](CCCN=C(N)N)C(=O)N[C@@H](CCC(N)=O)C(=O)N[C@@H](CC(C)C)C(=O)N[C@@H](CCC(=O)O)C(=O)N[C@@H](CCC(=O)O)C(=O)N[C@@H](Cc1ccccc1)C(=O)N[C@@H](CC(C)C)C(N)=O)C(C)C. The number of carbonyl (C=O) groups is 14. The Bertz CT molecular complexity index is 2600. The maximum atomic E-state index is 14.3. The number of hydrogen-bond donors (Lipinski definition) is 16. The summed E-state index contributed by atoms with van der Waals surface area (Å²) in [6.07, 6.45) is -3.60. The van der Waals surface area contributed by atoms with Crippen molar-refractivity contribution >= 4 is 88.8 Å². The number of hydrogen-bond acceptors (Lipinski definition) is 15. The van der Waals surface area contributed by atoms with Crippen LogP contribution >= 0.6 is 0 Å². The van der Waals surface area contributed by atoms with Crippen molar-refractivity contribution in [2.75, 3.05) is 13.1 Å². The monoisotopic (exact) mass is 1240 g/mol. The quantitative estimate of drug-likeness (QED) is 0.0177. The number of carbonyl (C=O) groups excluding carboxylic acids is 12. The summed E-state index contributed by atoms with van der Waals surface area (Å²) in [6, 6.07) is -4.55. The molecule has 1 rings (SSSR count). The molecule has 492 valence electrons. The molecule has 12 amide bonds. The molecule has 0 saturated carbocycles. The van der Waals surface area contributed by atoms with Gasteiger partial charge >= 0.3 is 11.9 Å². The van der Waals surface area contributed by atoms with Crippen molar-refractivity contribution in [3.05, 3.63) is 35.9 Å². The Morgan fingerprint density at radius 1 is 0.455 bits per heavy atom. The predicted octanol–water partition coefficient (Wildman–Crippen LogP) is -2.94. The van der Waals surface area contributed by atoms with Crippen molar-refractivity contribution in [3.63, 3.8) is 0 Å². The second-order valence-electron chi connectivity index (χ2n) is 23.0. The predicted molar refractivity (Wildman–Crippen MR) is 321 cm³/mol. The molecule has 0 spiro atoms. The van der Waals surface area contributed by atoms with Crippen LogP contribution < -0.4 is 76.1 Å². The zero-order chi connectivity index (χ0) is 67.0. The second-order valence-corrected chi connectivity index (χ2v) is 23.0. The highest BCUT2D eigenvalue weighted by Crippen LogP contribution is 2.14. The van der Waals surface area contributed by atoms with Gasteiger partial charge in [0.25, 0.3) is 0 Å². The lowest BCUT2D eigenvalue weighted by Gasteiger charge is -2.28. The molecule has 0 radical (unpaired) electrons. The first-order valence-corrected chi connectivity index (χ1v) is 29.2. The normalized spacial score (nSPS) is 14.1. The minimum atomic E-state index is -1.78. The number of benzene rings is 1. The molecule has 0 aliphatic carbocycles. The smallest absolute Gasteiger partial charge is 0.303 e. The zero-order valence-electron chi connectivity index (χ0n) is 51.7. The molecule has 0 aliphatic rings. The summed E-state index contributed by atoms with van der Waals surface area (Å²) < 4.78 is 0. The van der Waals surface area contributed by atoms with Gasteiger partial charge in [-0.3, -0.25) is 72.1 Å². The lowest BCUT2D eigenvalue weighted by Crippen LogP contribution is -2.60. The molecule has 20 N–H and O–H groups in total. The summed E-state index contributed by atoms with van der Waals surface area (Å²) in [5, 5.41) is 44.2. The van der Waals surface area contributed by atoms with Crippen molar-refractivity contribution in [1.29, 1.82) is 0 Å². The zero-order valence-corrected chi connectivity index (χ0v) is 51.7. The summed E-state index contributed by atoms with van der Waals surface area (Å²) in [4.78, 5) is 189. The second kappa shape index (κ2) is 39.7. The average molecular weight is 1240 g/mol. The molecule has 0 fully saturated rings. The van der Waals surface area contributed by atoms with Gasteiger partial charge in [-0.1, -0.05) is 85.7 Å². The molecular formula is C57H93N15O16. The third-order valence-corrected chi connectivity index (χ3v) is 13.2. The summed E-state index contributed by atoms with van der Waals surface area (Å²) in [5.41, 5.74) is 22.5. The van der Waals surface area contributed by atoms with Crippen LogP contribution in [0, 0.1) is 23.7 Å². The van der Waals surface area contributed by atoms with E-state index in [0.717, 1.165) is 0 Å². The van der Waals surface area contributed by atoms with Crippen LogP contribution in [-0.4, -0.2) is 166 Å². The maximum absolute atomic E-state index is 14.3. The van der Waals surface area contributed by atoms with Crippen molar-refractivity contribution in [2.45, 2.75) is 194 Å². The maximum Gasteiger partial charge on any atom is 0.303 e. The molecular weight excluding hydrogens is 1150 g/mol. The van der Waals surface area contributed by atoms with Gasteiger partial charge in [0, 0.05) is 39.2 Å². The van der Waals surface area contributed by atoms with Gasteiger partial charge in [0.15, 0.2) is 5.96 Å². The Kier molecular flexibility index (Phi) is 34.8. The van der Waals surface area contributed by atoms with Crippen molar-refractivity contribution in [2.24, 2.45) is 51.6 Å². The van der Waals surface area contributed by atoms with E-state index < -0.39 is 194 Å². The summed E-state index contributed by atoms with van der Waals surface area (Å²) >= 11 is 0. The Hall–Kier alpha value is -8.93. The molecule has 1 aromatic rings. The van der Waals surface area contributed by atoms with E-state index in [1.807, 2.05) is 13.8 Å². The molecule has 88 heavy (non-hydrogen) atoms. The molecule has 9 atom stereocenters. The fourth-order valence-corrected chi connectivity index (χ4v) is 8.77. The number of nitrogens with one attached hydrogen (secondary N) is 10. The standard InChI is InChI=1S/C57H93N15O16/c1-29(2)24-39(48(59)80)69-54(86)42(27-34-14-11-10-12-15-34)71-52(84)38(19-22-46(78)79)67-50(82)37(18-21-45(76)77)68-53(85)41(26-31(5)6)70-51(83)36(17-20-43(58)74)66-49(81)35(16-13-23-62-57(60)61)65-44(75)28-63-56(88)47(32(7)8)72-55(87)40(25-30(3)4)64-33(9)73/h10-12,14-15,29-32,35-42,47H,13,16-28H2,1-9H3,(H2,58,74)(H2,59,80)(H,63,88)(H,64,73)(H,65,75)(H,66,81)(H,67,82)(H,68,85)(H,69,86)(H,70,83)(H,71,84)(H,72,87)(H,76,77)(H,78,79)(H4,60,61,62)/t35-,36-,37-,38-,39-,40-,41-,42-,47-/m0/s1. The van der Waals surface area contributed by atoms with Gasteiger partial charge in [-0.2, -0.15) is 0 Å². The lowest BCUT2D eigenvalue weighted by molar-refractivity contribution is -0.140. The third kappa shape index (κ3) is 32.0. The highest BCUT2D eigenvalue weighted by atomic mass is 16.4. The van der Waals surface area contributed by atoms with Crippen LogP contribution in [-0.2, 0) is 73.5 Å². The van der Waals surface area contributed by atoms with Gasteiger partial charge in [-0.25, -0.2) is 0 Å². The van der Waals surface area contributed by atoms with Gasteiger partial charge in [0.2, 0.25) is 70.9 Å². The Morgan fingerprint density at radius 3 is 1.26 bits per heavy atom. The van der Waals surface area contributed by atoms with Gasteiger partial charge in [-0.15, -0.1) is 0 Å². The topological polar surface area (TPSA) is 516 Å². The van der Waals surface area contributed by atoms with Crippen LogP contribution in [0.1, 0.15) is 139 Å². The molecule has 0 aromatic heterocycles. The van der Waals surface area contributed by atoms with E-state index in [9.17, 15) is 77.3 Å². The Balaban J connectivity index is 3.60. The third-order valence-electron chi connectivity index (χ3n) is 13.2. The van der Waals surface area contributed by atoms with E-state index in [0.29, 0.717) is 5.56 Å². The minimum Gasteiger partial charge on any atom is -0.481 e. The first-order chi connectivity index (χ1) is 41.1. The average Bonchev–Trinajstić information content (AvgIpc) is 1.74. The van der Waals surface area contributed by atoms with E-state index >= 15 is 0 Å². The number of carboxylic acids is 2. The van der Waals surface area contributed by atoms with Crippen molar-refractivity contribution in [1.82, 2.24) is 53.2 Å². The molecule has 0 bridgehead atoms. The fourth-order valence-electron chi connectivity index (χ4n) is 8.77. The van der Waals surface area contributed by atoms with E-state index in [4.69, 9.17) is 22.9 Å². The number of amides is 12. The number of nitrogens with zero attached hydrogens (tertiary/aromatic N) is 1. The molecule has 0 heterocycles. The van der Waals surface area contributed by atoms with Gasteiger partial charge < -0.3 is 86.3 Å². The molecule has 1 aromatic carbocycles. The largest absolute Gasteiger partial charge is 0.481 e. The van der Waals surface area contributed by atoms with Crippen LogP contribution in [0.4, 0.5) is 0 Å². The lowest BCUT2D eigenvalue weighted by atomic mass is 10.00. The first-order valence-electron chi connectivity index (χ1n) is 29.2. The number of nitrogens with two attached hydrogens (primary N) is 4. The van der Waals surface area contributed by atoms with Crippen LogP contribution in [0.5, 0.6) is 0 Å². The highest BCUT2D eigenvalue weighted by molar-refractivity contribution is 5.99. The van der Waals surface area contributed by atoms with Gasteiger partial charge in [0.1, 0.15) is 54.4 Å². The van der Waals surface area contributed by atoms with Gasteiger partial charge in [0.05, 0.1) is 6.54 Å². The van der Waals surface area contributed by atoms with E-state index in [2.05, 4.69) is 58.2 Å². The Morgan fingerprint density at radius 2 is 0.841 bits per heavy atom.